The fourth-order valence-corrected chi connectivity index (χ4v) is 1.26. The molecule has 3 nitrogen and oxygen atoms in total. The Morgan fingerprint density at radius 1 is 1.67 bits per heavy atom. The summed E-state index contributed by atoms with van der Waals surface area (Å²) in [6, 6.07) is 0.181. The van der Waals surface area contributed by atoms with Crippen LogP contribution >= 0.6 is 0 Å². The first-order valence-corrected chi connectivity index (χ1v) is 3.23. The van der Waals surface area contributed by atoms with Crippen LogP contribution in [0.1, 0.15) is 6.42 Å². The van der Waals surface area contributed by atoms with Crippen molar-refractivity contribution < 1.29 is 10.2 Å². The lowest BCUT2D eigenvalue weighted by atomic mass is 10.2. The quantitative estimate of drug-likeness (QED) is 0.482. The van der Waals surface area contributed by atoms with Crippen LogP contribution in [0.2, 0.25) is 0 Å². The van der Waals surface area contributed by atoms with Crippen LogP contribution in [0.5, 0.6) is 0 Å². The second kappa shape index (κ2) is 2.64. The standard InChI is InChI=1S/C6H13NO2/c1-7-3-6(9)2-5(7)4-8/h5-6,8-9H,2-4H2,1H3/t5?,6-/m0/s1. The molecule has 1 unspecified atom stereocenters. The lowest BCUT2D eigenvalue weighted by Gasteiger charge is -2.14. The first-order chi connectivity index (χ1) is 4.24. The largest absolute Gasteiger partial charge is 0.395 e. The molecule has 2 atom stereocenters. The molecular weight excluding hydrogens is 118 g/mol. The van der Waals surface area contributed by atoms with Crippen molar-refractivity contribution in [1.82, 2.24) is 4.90 Å². The lowest BCUT2D eigenvalue weighted by molar-refractivity contribution is 0.180. The molecule has 0 bridgehead atoms. The molecule has 54 valence electrons. The Morgan fingerprint density at radius 2 is 2.33 bits per heavy atom. The molecule has 1 rings (SSSR count). The topological polar surface area (TPSA) is 43.7 Å². The maximum absolute atomic E-state index is 9.05. The van der Waals surface area contributed by atoms with Crippen LogP contribution in [-0.4, -0.2) is 47.5 Å². The Hall–Kier alpha value is -0.120. The number of nitrogens with zero attached hydrogens (tertiary/aromatic N) is 1. The summed E-state index contributed by atoms with van der Waals surface area (Å²) in [7, 11) is 1.91. The number of aliphatic hydroxyl groups is 2. The molecule has 1 fully saturated rings. The molecule has 0 amide bonds. The predicted molar refractivity (Wildman–Crippen MR) is 34.1 cm³/mol. The highest BCUT2D eigenvalue weighted by atomic mass is 16.3. The maximum atomic E-state index is 9.05. The van der Waals surface area contributed by atoms with Gasteiger partial charge in [0.1, 0.15) is 0 Å². The van der Waals surface area contributed by atoms with Crippen LogP contribution in [0.25, 0.3) is 0 Å². The minimum atomic E-state index is -0.229. The van der Waals surface area contributed by atoms with Crippen LogP contribution < -0.4 is 0 Å². The van der Waals surface area contributed by atoms with Crippen molar-refractivity contribution in [2.24, 2.45) is 0 Å². The van der Waals surface area contributed by atoms with Gasteiger partial charge in [0.2, 0.25) is 0 Å². The highest BCUT2D eigenvalue weighted by Crippen LogP contribution is 2.13. The molecule has 1 saturated heterocycles. The van der Waals surface area contributed by atoms with E-state index < -0.39 is 0 Å². The van der Waals surface area contributed by atoms with E-state index in [-0.39, 0.29) is 18.8 Å². The van der Waals surface area contributed by atoms with E-state index in [1.807, 2.05) is 11.9 Å². The normalized spacial score (nSPS) is 37.7. The van der Waals surface area contributed by atoms with Crippen LogP contribution in [0.15, 0.2) is 0 Å². The summed E-state index contributed by atoms with van der Waals surface area (Å²) in [4.78, 5) is 1.98. The van der Waals surface area contributed by atoms with Gasteiger partial charge in [-0.1, -0.05) is 0 Å². The zero-order valence-corrected chi connectivity index (χ0v) is 5.62. The van der Waals surface area contributed by atoms with E-state index >= 15 is 0 Å². The minimum Gasteiger partial charge on any atom is -0.395 e. The molecule has 0 aliphatic carbocycles. The molecule has 9 heavy (non-hydrogen) atoms. The molecule has 1 aliphatic rings. The molecular formula is C6H13NO2. The van der Waals surface area contributed by atoms with Crippen molar-refractivity contribution in [2.75, 3.05) is 20.2 Å². The first-order valence-electron chi connectivity index (χ1n) is 3.23. The summed E-state index contributed by atoms with van der Waals surface area (Å²) in [5.41, 5.74) is 0. The molecule has 0 aromatic carbocycles. The number of likely N-dealkylation sites (N-methyl/N-ethyl adjacent to an activating group) is 1. The fourth-order valence-electron chi connectivity index (χ4n) is 1.26. The predicted octanol–water partition coefficient (Wildman–Crippen LogP) is -0.956. The monoisotopic (exact) mass is 131 g/mol. The minimum absolute atomic E-state index is 0.160. The van der Waals surface area contributed by atoms with E-state index in [1.54, 1.807) is 0 Å². The summed E-state index contributed by atoms with van der Waals surface area (Å²) < 4.78 is 0. The molecule has 2 N–H and O–H groups in total. The Kier molecular flexibility index (Phi) is 2.05. The van der Waals surface area contributed by atoms with Gasteiger partial charge in [0, 0.05) is 12.6 Å². The average molecular weight is 131 g/mol. The van der Waals surface area contributed by atoms with Crippen molar-refractivity contribution in [3.8, 4) is 0 Å². The van der Waals surface area contributed by atoms with Gasteiger partial charge < -0.3 is 10.2 Å². The number of hydrogen-bond acceptors (Lipinski definition) is 3. The van der Waals surface area contributed by atoms with Gasteiger partial charge >= 0.3 is 0 Å². The van der Waals surface area contributed by atoms with Gasteiger partial charge in [0.05, 0.1) is 12.7 Å². The van der Waals surface area contributed by atoms with Crippen molar-refractivity contribution in [3.63, 3.8) is 0 Å². The van der Waals surface area contributed by atoms with Crippen molar-refractivity contribution >= 4 is 0 Å². The Bertz CT molecular complexity index is 97.1. The van der Waals surface area contributed by atoms with E-state index in [0.717, 1.165) is 0 Å². The SMILES string of the molecule is CN1C[C@@H](O)CC1CO. The molecule has 0 spiro atoms. The van der Waals surface area contributed by atoms with Crippen molar-refractivity contribution in [3.05, 3.63) is 0 Å². The van der Waals surface area contributed by atoms with Gasteiger partial charge in [-0.25, -0.2) is 0 Å². The van der Waals surface area contributed by atoms with Crippen LogP contribution in [0.4, 0.5) is 0 Å². The Morgan fingerprint density at radius 3 is 2.56 bits per heavy atom. The van der Waals surface area contributed by atoms with Crippen molar-refractivity contribution in [1.29, 1.82) is 0 Å². The second-order valence-corrected chi connectivity index (χ2v) is 2.67. The van der Waals surface area contributed by atoms with Gasteiger partial charge in [-0.2, -0.15) is 0 Å². The summed E-state index contributed by atoms with van der Waals surface area (Å²) in [6.45, 7) is 0.860. The number of aliphatic hydroxyl groups excluding tert-OH is 2. The van der Waals surface area contributed by atoms with Crippen LogP contribution in [-0.2, 0) is 0 Å². The van der Waals surface area contributed by atoms with E-state index in [0.29, 0.717) is 13.0 Å². The smallest absolute Gasteiger partial charge is 0.0682 e. The van der Waals surface area contributed by atoms with Gasteiger partial charge in [0.25, 0.3) is 0 Å². The van der Waals surface area contributed by atoms with Crippen molar-refractivity contribution in [2.45, 2.75) is 18.6 Å². The summed E-state index contributed by atoms with van der Waals surface area (Å²) in [5, 5.41) is 17.7. The zero-order valence-electron chi connectivity index (χ0n) is 5.62. The highest BCUT2D eigenvalue weighted by Gasteiger charge is 2.26. The number of rotatable bonds is 1. The lowest BCUT2D eigenvalue weighted by Crippen LogP contribution is -2.27. The molecule has 1 aliphatic heterocycles. The fraction of sp³-hybridized carbons (Fsp3) is 1.00. The zero-order chi connectivity index (χ0) is 6.85. The third-order valence-electron chi connectivity index (χ3n) is 1.88. The third-order valence-corrected chi connectivity index (χ3v) is 1.88. The van der Waals surface area contributed by atoms with Crippen LogP contribution in [0, 0.1) is 0 Å². The molecule has 0 radical (unpaired) electrons. The molecule has 0 aromatic heterocycles. The molecule has 1 heterocycles. The third kappa shape index (κ3) is 1.41. The molecule has 0 aromatic rings. The summed E-state index contributed by atoms with van der Waals surface area (Å²) in [5.74, 6) is 0. The van der Waals surface area contributed by atoms with Gasteiger partial charge in [-0.3, -0.25) is 4.90 Å². The first kappa shape index (κ1) is 6.99. The maximum Gasteiger partial charge on any atom is 0.0682 e. The van der Waals surface area contributed by atoms with Gasteiger partial charge in [-0.15, -0.1) is 0 Å². The highest BCUT2D eigenvalue weighted by molar-refractivity contribution is 4.81. The van der Waals surface area contributed by atoms with Gasteiger partial charge in [-0.05, 0) is 13.5 Å². The number of β-amino-alcohol motifs (C(OH)–C–C–N with tert-alkyl or cyclic N) is 1. The Labute approximate surface area is 54.9 Å². The average Bonchev–Trinajstić information content (AvgIpc) is 2.10. The van der Waals surface area contributed by atoms with Gasteiger partial charge in [0.15, 0.2) is 0 Å². The van der Waals surface area contributed by atoms with E-state index in [2.05, 4.69) is 0 Å². The summed E-state index contributed by atoms with van der Waals surface area (Å²) >= 11 is 0. The van der Waals surface area contributed by atoms with E-state index in [9.17, 15) is 0 Å². The number of likely N-dealkylation sites (tertiary alicyclic amines) is 1. The molecule has 0 saturated carbocycles. The van der Waals surface area contributed by atoms with E-state index in [4.69, 9.17) is 10.2 Å². The Balaban J connectivity index is 2.38. The second-order valence-electron chi connectivity index (χ2n) is 2.67. The molecule has 3 heteroatoms. The van der Waals surface area contributed by atoms with E-state index in [1.165, 1.54) is 0 Å². The number of hydrogen-bond donors (Lipinski definition) is 2. The summed E-state index contributed by atoms with van der Waals surface area (Å²) in [6.07, 6.45) is 0.486. The van der Waals surface area contributed by atoms with Crippen LogP contribution in [0.3, 0.4) is 0 Å².